The molecule has 2 fully saturated rings. The standard InChI is InChI=1S/C26H17ClFN3O4S/c27-23-22(36-26(34)29(23)16-7-3-1-4-8-16)20-19-21(35-31(20)18-9-5-2-6-10-18)25(33)30(24(19)32)17-13-11-15(28)12-14-17/h1-14,19-21H/t19-,20+,21+/m1/s1. The first-order valence-corrected chi connectivity index (χ1v) is 12.3. The number of hydroxylamine groups is 1. The quantitative estimate of drug-likeness (QED) is 0.363. The van der Waals surface area contributed by atoms with E-state index in [-0.39, 0.29) is 15.7 Å². The summed E-state index contributed by atoms with van der Waals surface area (Å²) in [7, 11) is 0. The van der Waals surface area contributed by atoms with E-state index in [9.17, 15) is 18.8 Å². The minimum absolute atomic E-state index is 0.145. The van der Waals surface area contributed by atoms with E-state index in [1.807, 2.05) is 12.1 Å². The molecule has 36 heavy (non-hydrogen) atoms. The third-order valence-corrected chi connectivity index (χ3v) is 7.77. The van der Waals surface area contributed by atoms with E-state index in [4.69, 9.17) is 16.4 Å². The first-order valence-electron chi connectivity index (χ1n) is 11.1. The Morgan fingerprint density at radius 3 is 2.03 bits per heavy atom. The Kier molecular flexibility index (Phi) is 5.48. The number of fused-ring (bicyclic) bond motifs is 1. The van der Waals surface area contributed by atoms with Gasteiger partial charge in [-0.25, -0.2) is 14.4 Å². The van der Waals surface area contributed by atoms with Gasteiger partial charge in [0.05, 0.1) is 21.9 Å². The van der Waals surface area contributed by atoms with Crippen LogP contribution in [0.4, 0.5) is 15.8 Å². The maximum atomic E-state index is 13.7. The van der Waals surface area contributed by atoms with Crippen LogP contribution in [0.3, 0.4) is 0 Å². The highest BCUT2D eigenvalue weighted by molar-refractivity contribution is 7.10. The van der Waals surface area contributed by atoms with Gasteiger partial charge >= 0.3 is 4.87 Å². The van der Waals surface area contributed by atoms with Crippen LogP contribution in [0.15, 0.2) is 89.7 Å². The van der Waals surface area contributed by atoms with Gasteiger partial charge in [0.25, 0.3) is 5.91 Å². The third kappa shape index (κ3) is 3.47. The average molecular weight is 522 g/mol. The predicted octanol–water partition coefficient (Wildman–Crippen LogP) is 4.74. The summed E-state index contributed by atoms with van der Waals surface area (Å²) in [5, 5.41) is 1.63. The van der Waals surface area contributed by atoms with Crippen LogP contribution < -0.4 is 14.8 Å². The first-order chi connectivity index (χ1) is 17.5. The number of hydrogen-bond acceptors (Lipinski definition) is 6. The molecule has 10 heteroatoms. The van der Waals surface area contributed by atoms with Crippen molar-refractivity contribution in [3.8, 4) is 5.69 Å². The van der Waals surface area contributed by atoms with Gasteiger partial charge < -0.3 is 0 Å². The molecule has 0 unspecified atom stereocenters. The highest BCUT2D eigenvalue weighted by Gasteiger charge is 2.61. The molecule has 0 spiro atoms. The number of imide groups is 1. The molecular weight excluding hydrogens is 505 g/mol. The molecule has 0 N–H and O–H groups in total. The molecule has 3 aromatic carbocycles. The van der Waals surface area contributed by atoms with Crippen molar-refractivity contribution in [3.63, 3.8) is 0 Å². The molecule has 3 atom stereocenters. The maximum Gasteiger partial charge on any atom is 0.313 e. The van der Waals surface area contributed by atoms with Gasteiger partial charge in [-0.3, -0.25) is 23.8 Å². The molecule has 0 radical (unpaired) electrons. The zero-order chi connectivity index (χ0) is 25.0. The number of anilines is 2. The largest absolute Gasteiger partial charge is 0.313 e. The molecule has 2 aliphatic rings. The number of hydrogen-bond donors (Lipinski definition) is 0. The van der Waals surface area contributed by atoms with E-state index in [0.29, 0.717) is 16.3 Å². The Balaban J connectivity index is 1.48. The number of halogens is 2. The average Bonchev–Trinajstić information content (AvgIpc) is 3.50. The van der Waals surface area contributed by atoms with Crippen molar-refractivity contribution in [3.05, 3.63) is 110 Å². The monoisotopic (exact) mass is 521 g/mol. The molecule has 3 heterocycles. The van der Waals surface area contributed by atoms with Crippen molar-refractivity contribution >= 4 is 46.1 Å². The van der Waals surface area contributed by atoms with Crippen LogP contribution >= 0.6 is 22.9 Å². The number of para-hydroxylation sites is 2. The molecule has 0 saturated carbocycles. The number of thiazole rings is 1. The molecule has 1 aromatic heterocycles. The summed E-state index contributed by atoms with van der Waals surface area (Å²) in [5.41, 5.74) is 1.43. The fourth-order valence-electron chi connectivity index (χ4n) is 4.67. The highest BCUT2D eigenvalue weighted by Crippen LogP contribution is 2.50. The Bertz CT molecular complexity index is 1520. The van der Waals surface area contributed by atoms with Crippen molar-refractivity contribution in [2.45, 2.75) is 12.1 Å². The van der Waals surface area contributed by atoms with Crippen LogP contribution in [0.2, 0.25) is 5.15 Å². The van der Waals surface area contributed by atoms with Gasteiger partial charge in [-0.1, -0.05) is 59.3 Å². The molecule has 0 bridgehead atoms. The molecule has 0 aliphatic carbocycles. The van der Waals surface area contributed by atoms with E-state index in [1.165, 1.54) is 33.9 Å². The second-order valence-corrected chi connectivity index (χ2v) is 9.69. The summed E-state index contributed by atoms with van der Waals surface area (Å²) in [6.45, 7) is 0. The van der Waals surface area contributed by atoms with Crippen molar-refractivity contribution in [2.75, 3.05) is 9.96 Å². The van der Waals surface area contributed by atoms with Crippen LogP contribution in [-0.4, -0.2) is 22.5 Å². The van der Waals surface area contributed by atoms with Crippen LogP contribution in [0.1, 0.15) is 10.9 Å². The number of nitrogens with zero attached hydrogens (tertiary/aromatic N) is 3. The van der Waals surface area contributed by atoms with Crippen LogP contribution in [-0.2, 0) is 14.4 Å². The van der Waals surface area contributed by atoms with Crippen LogP contribution in [0, 0.1) is 11.7 Å². The number of rotatable bonds is 4. The Morgan fingerprint density at radius 2 is 1.39 bits per heavy atom. The maximum absolute atomic E-state index is 13.7. The molecule has 2 aliphatic heterocycles. The minimum Gasteiger partial charge on any atom is -0.273 e. The summed E-state index contributed by atoms with van der Waals surface area (Å²) in [6.07, 6.45) is -1.13. The van der Waals surface area contributed by atoms with E-state index in [2.05, 4.69) is 0 Å². The SMILES string of the molecule is O=C1[C@H]2[C@H](ON(c3ccccc3)[C@@H]2c2sc(=O)n(-c3ccccc3)c2Cl)C(=O)N1c1ccc(F)cc1. The predicted molar refractivity (Wildman–Crippen MR) is 134 cm³/mol. The zero-order valence-electron chi connectivity index (χ0n) is 18.5. The molecule has 2 saturated heterocycles. The van der Waals surface area contributed by atoms with E-state index in [0.717, 1.165) is 16.2 Å². The molecule has 4 aromatic rings. The molecule has 7 nitrogen and oxygen atoms in total. The number of carbonyl (C=O) groups excluding carboxylic acids is 2. The summed E-state index contributed by atoms with van der Waals surface area (Å²) in [5.74, 6) is -2.53. The van der Waals surface area contributed by atoms with E-state index < -0.39 is 35.7 Å². The smallest absolute Gasteiger partial charge is 0.273 e. The van der Waals surface area contributed by atoms with Gasteiger partial charge in [-0.2, -0.15) is 0 Å². The van der Waals surface area contributed by atoms with E-state index in [1.54, 1.807) is 48.5 Å². The highest BCUT2D eigenvalue weighted by atomic mass is 35.5. The Morgan fingerprint density at radius 1 is 0.778 bits per heavy atom. The molecule has 6 rings (SSSR count). The number of amides is 2. The van der Waals surface area contributed by atoms with Gasteiger partial charge in [-0.05, 0) is 48.5 Å². The van der Waals surface area contributed by atoms with Crippen molar-refractivity contribution < 1.29 is 18.8 Å². The van der Waals surface area contributed by atoms with Gasteiger partial charge in [0, 0.05) is 0 Å². The van der Waals surface area contributed by atoms with E-state index >= 15 is 0 Å². The summed E-state index contributed by atoms with van der Waals surface area (Å²) in [4.78, 5) is 47.3. The molecular formula is C26H17ClFN3O4S. The summed E-state index contributed by atoms with van der Waals surface area (Å²) < 4.78 is 14.9. The van der Waals surface area contributed by atoms with Gasteiger partial charge in [0.2, 0.25) is 5.91 Å². The number of benzene rings is 3. The lowest BCUT2D eigenvalue weighted by Gasteiger charge is -2.28. The van der Waals surface area contributed by atoms with Crippen LogP contribution in [0.25, 0.3) is 5.69 Å². The van der Waals surface area contributed by atoms with Gasteiger partial charge in [0.15, 0.2) is 6.10 Å². The van der Waals surface area contributed by atoms with Crippen molar-refractivity contribution in [1.29, 1.82) is 0 Å². The zero-order valence-corrected chi connectivity index (χ0v) is 20.0. The summed E-state index contributed by atoms with van der Waals surface area (Å²) >= 11 is 7.69. The lowest BCUT2D eigenvalue weighted by atomic mass is 9.95. The number of aromatic nitrogens is 1. The lowest BCUT2D eigenvalue weighted by molar-refractivity contribution is -0.126. The third-order valence-electron chi connectivity index (χ3n) is 6.27. The topological polar surface area (TPSA) is 71.8 Å². The van der Waals surface area contributed by atoms with Gasteiger partial charge in [-0.15, -0.1) is 0 Å². The normalized spacial score (nSPS) is 21.3. The van der Waals surface area contributed by atoms with Crippen molar-refractivity contribution in [1.82, 2.24) is 4.57 Å². The summed E-state index contributed by atoms with van der Waals surface area (Å²) in [6, 6.07) is 22.2. The van der Waals surface area contributed by atoms with Crippen LogP contribution in [0.5, 0.6) is 0 Å². The Labute approximate surface area is 213 Å². The molecule has 180 valence electrons. The minimum atomic E-state index is -1.13. The Hall–Kier alpha value is -3.79. The number of carbonyl (C=O) groups is 2. The second kappa shape index (κ2) is 8.70. The first kappa shape index (κ1) is 22.7. The fraction of sp³-hybridized carbons (Fsp3) is 0.115. The van der Waals surface area contributed by atoms with Crippen molar-refractivity contribution in [2.24, 2.45) is 5.92 Å². The lowest BCUT2D eigenvalue weighted by Crippen LogP contribution is -2.37. The second-order valence-electron chi connectivity index (χ2n) is 8.34. The fourth-order valence-corrected chi connectivity index (χ4v) is 6.14. The molecule has 2 amide bonds. The van der Waals surface area contributed by atoms with Gasteiger partial charge in [0.1, 0.15) is 22.9 Å².